The number of carbonyl (C=O) groups excluding carboxylic acids is 2. The molecule has 0 N–H and O–H groups in total. The van der Waals surface area contributed by atoms with Crippen LogP contribution in [0.15, 0.2) is 30.3 Å². The van der Waals surface area contributed by atoms with E-state index in [1.54, 1.807) is 18.7 Å². The van der Waals surface area contributed by atoms with Crippen molar-refractivity contribution in [3.8, 4) is 0 Å². The van der Waals surface area contributed by atoms with Gasteiger partial charge in [-0.2, -0.15) is 17.6 Å². The summed E-state index contributed by atoms with van der Waals surface area (Å²) in [4.78, 5) is 26.0. The Bertz CT molecular complexity index is 926. The number of alkyl halides is 5. The first-order chi connectivity index (χ1) is 17.2. The van der Waals surface area contributed by atoms with Gasteiger partial charge in [0.15, 0.2) is 0 Å². The zero-order chi connectivity index (χ0) is 27.6. The molecule has 208 valence electrons. The molecular weight excluding hydrogens is 499 g/mol. The zero-order valence-corrected chi connectivity index (χ0v) is 21.6. The fourth-order valence-electron chi connectivity index (χ4n) is 4.84. The van der Waals surface area contributed by atoms with Gasteiger partial charge in [-0.15, -0.1) is 0 Å². The topological polar surface area (TPSA) is 59.1 Å². The Morgan fingerprint density at radius 1 is 0.703 bits per heavy atom. The standard InChI is InChI=1S/C15H20FNO2.C11H15F4NO2/c1-12(2)19-14(18)17-10-8-15(16,9-11-17)13-6-4-3-5-7-13;1-7(2)18-8(17)16-5-3-9(4-6-16)10(12,13)11(9,14)15/h3-7,12H,8-11H2,1-2H3;7H,3-6H2,1-2H3. The van der Waals surface area contributed by atoms with Crippen LogP contribution in [0.5, 0.6) is 0 Å². The van der Waals surface area contributed by atoms with Crippen molar-refractivity contribution < 1.29 is 41.0 Å². The molecule has 6 nitrogen and oxygen atoms in total. The van der Waals surface area contributed by atoms with Gasteiger partial charge in [0.05, 0.1) is 12.2 Å². The van der Waals surface area contributed by atoms with E-state index in [1.807, 2.05) is 44.2 Å². The first-order valence-corrected chi connectivity index (χ1v) is 12.6. The molecule has 2 amide bonds. The summed E-state index contributed by atoms with van der Waals surface area (Å²) in [5.74, 6) is -7.87. The van der Waals surface area contributed by atoms with Crippen LogP contribution in [0.3, 0.4) is 0 Å². The summed E-state index contributed by atoms with van der Waals surface area (Å²) in [6.45, 7) is 7.51. The summed E-state index contributed by atoms with van der Waals surface area (Å²) < 4.78 is 77.3. The number of halogens is 5. The van der Waals surface area contributed by atoms with Gasteiger partial charge in [-0.1, -0.05) is 30.3 Å². The van der Waals surface area contributed by atoms with Crippen molar-refractivity contribution >= 4 is 12.2 Å². The predicted octanol–water partition coefficient (Wildman–Crippen LogP) is 6.39. The zero-order valence-electron chi connectivity index (χ0n) is 21.6. The Balaban J connectivity index is 0.000000206. The molecule has 11 heteroatoms. The SMILES string of the molecule is CC(C)OC(=O)N1CCC(F)(c2ccccc2)CC1.CC(C)OC(=O)N1CCC2(CC1)C(F)(F)C2(F)F. The molecule has 0 atom stereocenters. The van der Waals surface area contributed by atoms with E-state index in [4.69, 9.17) is 9.47 Å². The summed E-state index contributed by atoms with van der Waals surface area (Å²) in [7, 11) is 0. The van der Waals surface area contributed by atoms with Gasteiger partial charge < -0.3 is 19.3 Å². The summed E-state index contributed by atoms with van der Waals surface area (Å²) in [5.41, 5.74) is -2.86. The molecule has 1 aromatic rings. The van der Waals surface area contributed by atoms with Gasteiger partial charge in [-0.25, -0.2) is 14.0 Å². The summed E-state index contributed by atoms with van der Waals surface area (Å²) >= 11 is 0. The van der Waals surface area contributed by atoms with E-state index in [9.17, 15) is 31.5 Å². The molecule has 1 saturated carbocycles. The minimum Gasteiger partial charge on any atom is -0.447 e. The van der Waals surface area contributed by atoms with Crippen molar-refractivity contribution in [2.45, 2.75) is 83.1 Å². The van der Waals surface area contributed by atoms with Crippen molar-refractivity contribution in [3.05, 3.63) is 35.9 Å². The number of benzene rings is 1. The van der Waals surface area contributed by atoms with Gasteiger partial charge >= 0.3 is 24.0 Å². The Kier molecular flexibility index (Phi) is 8.34. The van der Waals surface area contributed by atoms with Crippen LogP contribution in [0, 0.1) is 5.41 Å². The second kappa shape index (κ2) is 10.6. The average molecular weight is 535 g/mol. The average Bonchev–Trinajstić information content (AvgIpc) is 3.16. The molecule has 0 aromatic heterocycles. The molecule has 1 aliphatic carbocycles. The van der Waals surface area contributed by atoms with Crippen molar-refractivity contribution in [1.29, 1.82) is 0 Å². The fourth-order valence-corrected chi connectivity index (χ4v) is 4.84. The minimum atomic E-state index is -3.94. The summed E-state index contributed by atoms with van der Waals surface area (Å²) in [6.07, 6.45) is -1.57. The molecule has 0 bridgehead atoms. The lowest BCUT2D eigenvalue weighted by molar-refractivity contribution is -0.0278. The second-order valence-electron chi connectivity index (χ2n) is 10.4. The van der Waals surface area contributed by atoms with Gasteiger partial charge in [0, 0.05) is 39.0 Å². The van der Waals surface area contributed by atoms with E-state index >= 15 is 0 Å². The molecule has 2 aliphatic heterocycles. The van der Waals surface area contributed by atoms with Gasteiger partial charge in [0.25, 0.3) is 0 Å². The van der Waals surface area contributed by atoms with E-state index in [-0.39, 0.29) is 44.2 Å². The Hall–Kier alpha value is -2.59. The number of nitrogens with zero attached hydrogens (tertiary/aromatic N) is 2. The van der Waals surface area contributed by atoms with Crippen molar-refractivity contribution in [2.24, 2.45) is 5.41 Å². The maximum Gasteiger partial charge on any atom is 0.410 e. The van der Waals surface area contributed by atoms with Crippen LogP contribution in [0.1, 0.15) is 58.9 Å². The lowest BCUT2D eigenvalue weighted by Gasteiger charge is -2.36. The van der Waals surface area contributed by atoms with Gasteiger partial charge in [0.2, 0.25) is 0 Å². The van der Waals surface area contributed by atoms with Gasteiger partial charge in [-0.3, -0.25) is 0 Å². The van der Waals surface area contributed by atoms with Gasteiger partial charge in [-0.05, 0) is 46.1 Å². The van der Waals surface area contributed by atoms with E-state index in [2.05, 4.69) is 0 Å². The maximum absolute atomic E-state index is 14.8. The molecule has 37 heavy (non-hydrogen) atoms. The Morgan fingerprint density at radius 2 is 1.08 bits per heavy atom. The summed E-state index contributed by atoms with van der Waals surface area (Å²) in [6, 6.07) is 9.18. The molecule has 3 aliphatic rings. The number of amides is 2. The lowest BCUT2D eigenvalue weighted by atomic mass is 9.86. The van der Waals surface area contributed by atoms with E-state index < -0.39 is 29.0 Å². The minimum absolute atomic E-state index is 0.114. The lowest BCUT2D eigenvalue weighted by Crippen LogP contribution is -2.44. The van der Waals surface area contributed by atoms with E-state index in [0.717, 1.165) is 0 Å². The van der Waals surface area contributed by atoms with Crippen LogP contribution in [0.2, 0.25) is 0 Å². The Morgan fingerprint density at radius 3 is 1.43 bits per heavy atom. The fraction of sp³-hybridized carbons (Fsp3) is 0.692. The normalized spacial score (nSPS) is 22.8. The molecule has 0 unspecified atom stereocenters. The predicted molar refractivity (Wildman–Crippen MR) is 126 cm³/mol. The van der Waals surface area contributed by atoms with Crippen LogP contribution in [0.4, 0.5) is 31.5 Å². The first kappa shape index (κ1) is 29.0. The second-order valence-corrected chi connectivity index (χ2v) is 10.4. The molecule has 1 spiro atoms. The van der Waals surface area contributed by atoms with Crippen molar-refractivity contribution in [3.63, 3.8) is 0 Å². The van der Waals surface area contributed by atoms with Crippen LogP contribution in [0.25, 0.3) is 0 Å². The van der Waals surface area contributed by atoms with Gasteiger partial charge in [0.1, 0.15) is 11.1 Å². The van der Waals surface area contributed by atoms with Crippen LogP contribution >= 0.6 is 0 Å². The highest BCUT2D eigenvalue weighted by atomic mass is 19.3. The Labute approximate surface area is 214 Å². The highest BCUT2D eigenvalue weighted by Gasteiger charge is 2.95. The number of ether oxygens (including phenoxy) is 2. The quantitative estimate of drug-likeness (QED) is 0.422. The maximum atomic E-state index is 14.8. The first-order valence-electron chi connectivity index (χ1n) is 12.6. The van der Waals surface area contributed by atoms with Crippen molar-refractivity contribution in [2.75, 3.05) is 26.2 Å². The monoisotopic (exact) mass is 534 g/mol. The molecule has 2 saturated heterocycles. The number of rotatable bonds is 3. The molecule has 4 rings (SSSR count). The molecule has 2 heterocycles. The van der Waals surface area contributed by atoms with E-state index in [1.165, 1.54) is 4.90 Å². The number of hydrogen-bond donors (Lipinski definition) is 0. The third-order valence-electron chi connectivity index (χ3n) is 7.19. The van der Waals surface area contributed by atoms with Crippen molar-refractivity contribution in [1.82, 2.24) is 9.80 Å². The molecule has 1 aromatic carbocycles. The number of hydrogen-bond acceptors (Lipinski definition) is 4. The number of likely N-dealkylation sites (tertiary alicyclic amines) is 2. The molecule has 3 fully saturated rings. The number of carbonyl (C=O) groups is 2. The van der Waals surface area contributed by atoms with Crippen LogP contribution in [-0.4, -0.2) is 72.2 Å². The third kappa shape index (κ3) is 5.65. The molecule has 0 radical (unpaired) electrons. The van der Waals surface area contributed by atoms with Crippen LogP contribution in [-0.2, 0) is 15.1 Å². The smallest absolute Gasteiger partial charge is 0.410 e. The molecular formula is C26H35F5N2O4. The summed E-state index contributed by atoms with van der Waals surface area (Å²) in [5, 5.41) is 0. The van der Waals surface area contributed by atoms with Crippen LogP contribution < -0.4 is 0 Å². The largest absolute Gasteiger partial charge is 0.447 e. The van der Waals surface area contributed by atoms with E-state index in [0.29, 0.717) is 31.5 Å². The highest BCUT2D eigenvalue weighted by Crippen LogP contribution is 2.76. The number of piperidine rings is 2. The highest BCUT2D eigenvalue weighted by molar-refractivity contribution is 5.68. The third-order valence-corrected chi connectivity index (χ3v) is 7.19.